The van der Waals surface area contributed by atoms with Gasteiger partial charge in [0.15, 0.2) is 0 Å². The number of aromatic nitrogens is 1. The Hall–Kier alpha value is -0.740. The summed E-state index contributed by atoms with van der Waals surface area (Å²) in [6, 6.07) is 4.34. The molecular formula is C14H23N3S. The van der Waals surface area contributed by atoms with Gasteiger partial charge in [-0.25, -0.2) is 4.98 Å². The summed E-state index contributed by atoms with van der Waals surface area (Å²) in [5.41, 5.74) is 7.20. The molecular weight excluding hydrogens is 242 g/mol. The van der Waals surface area contributed by atoms with Crippen LogP contribution in [0.15, 0.2) is 18.3 Å². The molecule has 100 valence electrons. The molecule has 1 aromatic rings. The highest BCUT2D eigenvalue weighted by Gasteiger charge is 2.28. The lowest BCUT2D eigenvalue weighted by Gasteiger charge is -2.39. The zero-order valence-corrected chi connectivity index (χ0v) is 12.3. The zero-order chi connectivity index (χ0) is 13.2. The van der Waals surface area contributed by atoms with Gasteiger partial charge in [0, 0.05) is 35.8 Å². The van der Waals surface area contributed by atoms with E-state index in [0.717, 1.165) is 25.3 Å². The molecule has 2 N–H and O–H groups in total. The lowest BCUT2D eigenvalue weighted by Crippen LogP contribution is -2.44. The van der Waals surface area contributed by atoms with Gasteiger partial charge >= 0.3 is 0 Å². The number of nitrogens with two attached hydrogens (primary N) is 1. The Morgan fingerprint density at radius 3 is 3.00 bits per heavy atom. The molecule has 1 aliphatic heterocycles. The third kappa shape index (κ3) is 3.39. The van der Waals surface area contributed by atoms with Gasteiger partial charge in [0.1, 0.15) is 5.82 Å². The summed E-state index contributed by atoms with van der Waals surface area (Å²) < 4.78 is 0.307. The van der Waals surface area contributed by atoms with Gasteiger partial charge in [0.2, 0.25) is 0 Å². The monoisotopic (exact) mass is 265 g/mol. The Morgan fingerprint density at radius 1 is 1.56 bits per heavy atom. The molecule has 1 atom stereocenters. The van der Waals surface area contributed by atoms with E-state index in [1.54, 1.807) is 0 Å². The number of pyridine rings is 1. The Labute approximate surface area is 114 Å². The van der Waals surface area contributed by atoms with E-state index in [-0.39, 0.29) is 6.04 Å². The van der Waals surface area contributed by atoms with Crippen molar-refractivity contribution >= 4 is 17.6 Å². The number of hydrogen-bond acceptors (Lipinski definition) is 4. The van der Waals surface area contributed by atoms with Gasteiger partial charge in [0.05, 0.1) is 0 Å². The van der Waals surface area contributed by atoms with Gasteiger partial charge < -0.3 is 10.6 Å². The summed E-state index contributed by atoms with van der Waals surface area (Å²) in [5.74, 6) is 2.30. The Bertz CT molecular complexity index is 404. The first-order valence-electron chi connectivity index (χ1n) is 6.56. The van der Waals surface area contributed by atoms with E-state index in [2.05, 4.69) is 29.8 Å². The molecule has 3 nitrogen and oxygen atoms in total. The molecule has 0 amide bonds. The maximum absolute atomic E-state index is 5.93. The van der Waals surface area contributed by atoms with Crippen molar-refractivity contribution in [1.29, 1.82) is 0 Å². The van der Waals surface area contributed by atoms with Crippen LogP contribution in [0, 0.1) is 0 Å². The minimum absolute atomic E-state index is 0.181. The average Bonchev–Trinajstić information content (AvgIpc) is 2.27. The predicted molar refractivity (Wildman–Crippen MR) is 80.3 cm³/mol. The van der Waals surface area contributed by atoms with Gasteiger partial charge in [-0.15, -0.1) is 0 Å². The smallest absolute Gasteiger partial charge is 0.131 e. The Morgan fingerprint density at radius 2 is 2.33 bits per heavy atom. The van der Waals surface area contributed by atoms with Crippen molar-refractivity contribution in [3.8, 4) is 0 Å². The van der Waals surface area contributed by atoms with E-state index in [4.69, 9.17) is 5.73 Å². The lowest BCUT2D eigenvalue weighted by molar-refractivity contribution is 0.636. The third-order valence-electron chi connectivity index (χ3n) is 3.13. The van der Waals surface area contributed by atoms with Crippen LogP contribution < -0.4 is 10.6 Å². The van der Waals surface area contributed by atoms with Crippen LogP contribution >= 0.6 is 11.8 Å². The molecule has 18 heavy (non-hydrogen) atoms. The van der Waals surface area contributed by atoms with E-state index in [1.165, 1.54) is 11.3 Å². The topological polar surface area (TPSA) is 42.1 Å². The van der Waals surface area contributed by atoms with Gasteiger partial charge in [-0.2, -0.15) is 11.8 Å². The van der Waals surface area contributed by atoms with Crippen LogP contribution in [0.1, 0.15) is 26.3 Å². The number of thioether (sulfide) groups is 1. The van der Waals surface area contributed by atoms with Gasteiger partial charge in [0.25, 0.3) is 0 Å². The largest absolute Gasteiger partial charge is 0.354 e. The molecule has 1 aromatic heterocycles. The molecule has 2 heterocycles. The summed E-state index contributed by atoms with van der Waals surface area (Å²) in [6.45, 7) is 8.79. The molecule has 1 saturated heterocycles. The van der Waals surface area contributed by atoms with Crippen LogP contribution in [0.2, 0.25) is 0 Å². The molecule has 0 aromatic carbocycles. The van der Waals surface area contributed by atoms with Crippen molar-refractivity contribution in [1.82, 2.24) is 4.98 Å². The summed E-state index contributed by atoms with van der Waals surface area (Å²) in [5, 5.41) is 0. The van der Waals surface area contributed by atoms with E-state index in [0.29, 0.717) is 4.75 Å². The van der Waals surface area contributed by atoms with Crippen molar-refractivity contribution < 1.29 is 0 Å². The quantitative estimate of drug-likeness (QED) is 0.910. The molecule has 2 rings (SSSR count). The number of nitrogens with zero attached hydrogens (tertiary/aromatic N) is 2. The standard InChI is InChI=1S/C14H23N3S/c1-11(15)9-12-5-4-6-16-13(12)17-7-8-18-14(2,3)10-17/h4-6,11H,7-10,15H2,1-3H3. The molecule has 0 bridgehead atoms. The van der Waals surface area contributed by atoms with Crippen LogP contribution in [-0.4, -0.2) is 34.6 Å². The molecule has 0 saturated carbocycles. The number of hydrogen-bond donors (Lipinski definition) is 1. The van der Waals surface area contributed by atoms with E-state index < -0.39 is 0 Å². The SMILES string of the molecule is CC(N)Cc1cccnc1N1CCSC(C)(C)C1. The average molecular weight is 265 g/mol. The first-order chi connectivity index (χ1) is 8.48. The molecule has 0 spiro atoms. The van der Waals surface area contributed by atoms with Crippen LogP contribution in [0.25, 0.3) is 0 Å². The molecule has 1 aliphatic rings. The maximum Gasteiger partial charge on any atom is 0.131 e. The minimum Gasteiger partial charge on any atom is -0.354 e. The third-order valence-corrected chi connectivity index (χ3v) is 4.43. The van der Waals surface area contributed by atoms with Crippen molar-refractivity contribution in [3.63, 3.8) is 0 Å². The molecule has 0 aliphatic carbocycles. The first kappa shape index (κ1) is 13.7. The minimum atomic E-state index is 0.181. The summed E-state index contributed by atoms with van der Waals surface area (Å²) in [6.07, 6.45) is 2.78. The second-order valence-electron chi connectivity index (χ2n) is 5.70. The van der Waals surface area contributed by atoms with E-state index in [9.17, 15) is 0 Å². The van der Waals surface area contributed by atoms with Crippen LogP contribution in [-0.2, 0) is 6.42 Å². The van der Waals surface area contributed by atoms with Crippen molar-refractivity contribution in [2.45, 2.75) is 38.0 Å². The number of rotatable bonds is 3. The summed E-state index contributed by atoms with van der Waals surface area (Å²) in [4.78, 5) is 6.99. The van der Waals surface area contributed by atoms with Gasteiger partial charge in [-0.05, 0) is 38.8 Å². The van der Waals surface area contributed by atoms with Crippen LogP contribution in [0.4, 0.5) is 5.82 Å². The Kier molecular flexibility index (Phi) is 4.17. The normalized spacial score (nSPS) is 20.8. The number of anilines is 1. The van der Waals surface area contributed by atoms with Crippen molar-refractivity contribution in [2.24, 2.45) is 5.73 Å². The van der Waals surface area contributed by atoms with Crippen molar-refractivity contribution in [3.05, 3.63) is 23.9 Å². The first-order valence-corrected chi connectivity index (χ1v) is 7.55. The highest BCUT2D eigenvalue weighted by Crippen LogP contribution is 2.32. The molecule has 4 heteroatoms. The highest BCUT2D eigenvalue weighted by atomic mass is 32.2. The van der Waals surface area contributed by atoms with Gasteiger partial charge in [-0.1, -0.05) is 6.07 Å². The summed E-state index contributed by atoms with van der Waals surface area (Å²) >= 11 is 2.04. The fourth-order valence-corrected chi connectivity index (χ4v) is 3.53. The fraction of sp³-hybridized carbons (Fsp3) is 0.643. The van der Waals surface area contributed by atoms with Crippen molar-refractivity contribution in [2.75, 3.05) is 23.7 Å². The zero-order valence-electron chi connectivity index (χ0n) is 11.5. The maximum atomic E-state index is 5.93. The second kappa shape index (κ2) is 5.49. The molecule has 1 unspecified atom stereocenters. The van der Waals surface area contributed by atoms with Crippen LogP contribution in [0.3, 0.4) is 0 Å². The van der Waals surface area contributed by atoms with E-state index in [1.807, 2.05) is 30.9 Å². The summed E-state index contributed by atoms with van der Waals surface area (Å²) in [7, 11) is 0. The highest BCUT2D eigenvalue weighted by molar-refractivity contribution is 8.00. The lowest BCUT2D eigenvalue weighted by atomic mass is 10.1. The van der Waals surface area contributed by atoms with E-state index >= 15 is 0 Å². The fourth-order valence-electron chi connectivity index (χ4n) is 2.42. The second-order valence-corrected chi connectivity index (χ2v) is 7.50. The van der Waals surface area contributed by atoms with Crippen LogP contribution in [0.5, 0.6) is 0 Å². The molecule has 1 fully saturated rings. The predicted octanol–water partition coefficient (Wildman–Crippen LogP) is 2.30. The Balaban J connectivity index is 2.21. The van der Waals surface area contributed by atoms with Gasteiger partial charge in [-0.3, -0.25) is 0 Å². The molecule has 0 radical (unpaired) electrons.